The van der Waals surface area contributed by atoms with E-state index in [0.717, 1.165) is 30.2 Å². The molecule has 3 heterocycles. The van der Waals surface area contributed by atoms with Gasteiger partial charge >= 0.3 is 0 Å². The highest BCUT2D eigenvalue weighted by Crippen LogP contribution is 2.45. The number of carbonyl (C=O) groups excluding carboxylic acids is 1. The van der Waals surface area contributed by atoms with E-state index >= 15 is 0 Å². The molecule has 1 aromatic rings. The van der Waals surface area contributed by atoms with Crippen molar-refractivity contribution in [3.8, 4) is 11.5 Å². The van der Waals surface area contributed by atoms with Crippen molar-refractivity contribution >= 4 is 17.7 Å². The number of carbonyl (C=O) groups is 1. The number of rotatable bonds is 4. The van der Waals surface area contributed by atoms with Crippen LogP contribution in [0.15, 0.2) is 18.2 Å². The highest BCUT2D eigenvalue weighted by molar-refractivity contribution is 8.01. The Morgan fingerprint density at radius 2 is 1.88 bits per heavy atom. The number of hydrogen-bond donors (Lipinski definition) is 0. The molecule has 6 heteroatoms. The van der Waals surface area contributed by atoms with E-state index in [4.69, 9.17) is 9.47 Å². The highest BCUT2D eigenvalue weighted by Gasteiger charge is 2.38. The molecule has 2 saturated heterocycles. The molecule has 5 nitrogen and oxygen atoms in total. The molecular weight excluding hydrogens is 324 g/mol. The minimum Gasteiger partial charge on any atom is -0.486 e. The summed E-state index contributed by atoms with van der Waals surface area (Å²) in [6.07, 6.45) is 2.56. The second kappa shape index (κ2) is 6.84. The van der Waals surface area contributed by atoms with E-state index in [0.29, 0.717) is 13.2 Å². The van der Waals surface area contributed by atoms with Crippen LogP contribution in [0.3, 0.4) is 0 Å². The molecule has 0 N–H and O–H groups in total. The van der Waals surface area contributed by atoms with E-state index in [1.165, 1.54) is 25.9 Å². The molecule has 4 rings (SSSR count). The third-order valence-electron chi connectivity index (χ3n) is 4.95. The zero-order valence-electron chi connectivity index (χ0n) is 14.1. The van der Waals surface area contributed by atoms with Crippen LogP contribution in [-0.2, 0) is 4.79 Å². The van der Waals surface area contributed by atoms with Gasteiger partial charge in [-0.25, -0.2) is 0 Å². The smallest absolute Gasteiger partial charge is 0.236 e. The van der Waals surface area contributed by atoms with Gasteiger partial charge in [0.05, 0.1) is 5.25 Å². The molecule has 2 fully saturated rings. The summed E-state index contributed by atoms with van der Waals surface area (Å²) in [5.74, 6) is 1.85. The molecule has 1 aromatic carbocycles. The number of thioether (sulfide) groups is 1. The molecular formula is C18H24N2O3S. The second-order valence-corrected chi connectivity index (χ2v) is 8.04. The van der Waals surface area contributed by atoms with Crippen LogP contribution in [0.4, 0.5) is 0 Å². The van der Waals surface area contributed by atoms with E-state index in [9.17, 15) is 4.79 Å². The van der Waals surface area contributed by atoms with E-state index in [1.54, 1.807) is 11.8 Å². The second-order valence-electron chi connectivity index (χ2n) is 6.61. The number of ether oxygens (including phenoxy) is 2. The molecule has 1 amide bonds. The molecule has 0 saturated carbocycles. The third kappa shape index (κ3) is 3.09. The molecule has 130 valence electrons. The molecule has 2 atom stereocenters. The number of hydrogen-bond acceptors (Lipinski definition) is 5. The number of fused-ring (bicyclic) bond motifs is 1. The first-order valence-corrected chi connectivity index (χ1v) is 9.74. The number of likely N-dealkylation sites (tertiary alicyclic amines) is 1. The summed E-state index contributed by atoms with van der Waals surface area (Å²) in [6.45, 7) is 7.30. The zero-order valence-corrected chi connectivity index (χ0v) is 14.9. The summed E-state index contributed by atoms with van der Waals surface area (Å²) in [6, 6.07) is 6.08. The number of amides is 1. The number of benzene rings is 1. The lowest BCUT2D eigenvalue weighted by Crippen LogP contribution is -2.37. The van der Waals surface area contributed by atoms with Crippen LogP contribution in [0.1, 0.15) is 30.7 Å². The van der Waals surface area contributed by atoms with Gasteiger partial charge in [0.15, 0.2) is 11.5 Å². The standard InChI is InChI=1S/C18H24N2O3S/c1-13-17(21)20(9-8-19-6-2-3-7-19)18(24-13)14-4-5-15-16(12-14)23-11-10-22-15/h4-5,12-13,18H,2-3,6-11H2,1H3. The SMILES string of the molecule is CC1SC(c2ccc3c(c2)OCCO3)N(CCN2CCCC2)C1=O. The minimum atomic E-state index is 0.0155. The van der Waals surface area contributed by atoms with Crippen molar-refractivity contribution in [1.82, 2.24) is 9.80 Å². The van der Waals surface area contributed by atoms with Crippen molar-refractivity contribution in [2.75, 3.05) is 39.4 Å². The van der Waals surface area contributed by atoms with Gasteiger partial charge in [0.2, 0.25) is 5.91 Å². The lowest BCUT2D eigenvalue weighted by molar-refractivity contribution is -0.130. The Morgan fingerprint density at radius 1 is 1.12 bits per heavy atom. The van der Waals surface area contributed by atoms with Crippen molar-refractivity contribution in [1.29, 1.82) is 0 Å². The Labute approximate surface area is 147 Å². The molecule has 0 aromatic heterocycles. The average Bonchev–Trinajstić information content (AvgIpc) is 3.22. The molecule has 0 spiro atoms. The number of nitrogens with zero attached hydrogens (tertiary/aromatic N) is 2. The van der Waals surface area contributed by atoms with Crippen LogP contribution in [0.25, 0.3) is 0 Å². The van der Waals surface area contributed by atoms with Gasteiger partial charge in [0.1, 0.15) is 18.6 Å². The molecule has 3 aliphatic heterocycles. The molecule has 0 aliphatic carbocycles. The fourth-order valence-corrected chi connectivity index (χ4v) is 4.93. The molecule has 24 heavy (non-hydrogen) atoms. The molecule has 0 bridgehead atoms. The first-order chi connectivity index (χ1) is 11.7. The van der Waals surface area contributed by atoms with E-state index in [2.05, 4.69) is 11.0 Å². The fraction of sp³-hybridized carbons (Fsp3) is 0.611. The predicted octanol–water partition coefficient (Wildman–Crippen LogP) is 2.52. The highest BCUT2D eigenvalue weighted by atomic mass is 32.2. The average molecular weight is 348 g/mol. The Morgan fingerprint density at radius 3 is 2.67 bits per heavy atom. The summed E-state index contributed by atoms with van der Waals surface area (Å²) in [5, 5.41) is 0.0905. The Kier molecular flexibility index (Phi) is 4.59. The maximum atomic E-state index is 12.6. The fourth-order valence-electron chi connectivity index (χ4n) is 3.63. The van der Waals surface area contributed by atoms with Gasteiger partial charge in [-0.15, -0.1) is 11.8 Å². The minimum absolute atomic E-state index is 0.0155. The Bertz CT molecular complexity index is 618. The van der Waals surface area contributed by atoms with Crippen LogP contribution < -0.4 is 9.47 Å². The largest absolute Gasteiger partial charge is 0.486 e. The van der Waals surface area contributed by atoms with E-state index in [1.807, 2.05) is 24.0 Å². The quantitative estimate of drug-likeness (QED) is 0.836. The van der Waals surface area contributed by atoms with E-state index in [-0.39, 0.29) is 16.5 Å². The van der Waals surface area contributed by atoms with Crippen molar-refractivity contribution in [2.24, 2.45) is 0 Å². The van der Waals surface area contributed by atoms with Crippen LogP contribution in [0.2, 0.25) is 0 Å². The van der Waals surface area contributed by atoms with Gasteiger partial charge in [-0.1, -0.05) is 6.07 Å². The summed E-state index contributed by atoms with van der Waals surface area (Å²) in [7, 11) is 0. The topological polar surface area (TPSA) is 42.0 Å². The maximum Gasteiger partial charge on any atom is 0.236 e. The van der Waals surface area contributed by atoms with Crippen LogP contribution in [0.5, 0.6) is 11.5 Å². The van der Waals surface area contributed by atoms with Crippen molar-refractivity contribution in [3.05, 3.63) is 23.8 Å². The van der Waals surface area contributed by atoms with Crippen LogP contribution >= 0.6 is 11.8 Å². The van der Waals surface area contributed by atoms with Gasteiger partial charge in [-0.3, -0.25) is 4.79 Å². The van der Waals surface area contributed by atoms with Gasteiger partial charge in [0, 0.05) is 13.1 Å². The summed E-state index contributed by atoms with van der Waals surface area (Å²) in [4.78, 5) is 17.1. The van der Waals surface area contributed by atoms with Crippen LogP contribution in [0, 0.1) is 0 Å². The molecule has 2 unspecified atom stereocenters. The Balaban J connectivity index is 1.52. The normalized spacial score (nSPS) is 27.0. The van der Waals surface area contributed by atoms with Crippen LogP contribution in [-0.4, -0.2) is 60.3 Å². The summed E-state index contributed by atoms with van der Waals surface area (Å²) >= 11 is 1.73. The Hall–Kier alpha value is -1.40. The lowest BCUT2D eigenvalue weighted by atomic mass is 10.1. The zero-order chi connectivity index (χ0) is 16.5. The first kappa shape index (κ1) is 16.1. The first-order valence-electron chi connectivity index (χ1n) is 8.80. The summed E-state index contributed by atoms with van der Waals surface area (Å²) in [5.41, 5.74) is 1.13. The van der Waals surface area contributed by atoms with Crippen molar-refractivity contribution in [3.63, 3.8) is 0 Å². The molecule has 0 radical (unpaired) electrons. The van der Waals surface area contributed by atoms with Crippen molar-refractivity contribution in [2.45, 2.75) is 30.4 Å². The van der Waals surface area contributed by atoms with Gasteiger partial charge in [-0.2, -0.15) is 0 Å². The van der Waals surface area contributed by atoms with Gasteiger partial charge < -0.3 is 19.3 Å². The molecule has 3 aliphatic rings. The maximum absolute atomic E-state index is 12.6. The van der Waals surface area contributed by atoms with Gasteiger partial charge in [0.25, 0.3) is 0 Å². The van der Waals surface area contributed by atoms with E-state index < -0.39 is 0 Å². The third-order valence-corrected chi connectivity index (χ3v) is 6.35. The van der Waals surface area contributed by atoms with Crippen molar-refractivity contribution < 1.29 is 14.3 Å². The predicted molar refractivity (Wildman–Crippen MR) is 94.6 cm³/mol. The lowest BCUT2D eigenvalue weighted by Gasteiger charge is -2.27. The van der Waals surface area contributed by atoms with Gasteiger partial charge in [-0.05, 0) is 50.6 Å². The monoisotopic (exact) mass is 348 g/mol. The summed E-state index contributed by atoms with van der Waals surface area (Å²) < 4.78 is 11.3.